The van der Waals surface area contributed by atoms with Gasteiger partial charge in [0.1, 0.15) is 12.1 Å². The second-order valence-electron chi connectivity index (χ2n) is 10.1. The predicted molar refractivity (Wildman–Crippen MR) is 136 cm³/mol. The van der Waals surface area contributed by atoms with Crippen LogP contribution in [0.2, 0.25) is 0 Å². The molecule has 3 atom stereocenters. The number of amides is 2. The largest absolute Gasteiger partial charge is 0.368 e. The summed E-state index contributed by atoms with van der Waals surface area (Å²) in [5.74, 6) is -1.42. The molecule has 3 heterocycles. The van der Waals surface area contributed by atoms with Crippen molar-refractivity contribution in [3.05, 3.63) is 24.4 Å². The van der Waals surface area contributed by atoms with E-state index < -0.39 is 34.0 Å². The molecular weight excluding hydrogens is 496 g/mol. The first-order chi connectivity index (χ1) is 17.8. The third kappa shape index (κ3) is 7.30. The Balaban J connectivity index is 1.41. The van der Waals surface area contributed by atoms with Crippen molar-refractivity contribution in [2.24, 2.45) is 16.8 Å². The number of sulfonamides is 1. The van der Waals surface area contributed by atoms with Gasteiger partial charge in [0.15, 0.2) is 10.8 Å². The molecule has 37 heavy (non-hydrogen) atoms. The third-order valence-corrected chi connectivity index (χ3v) is 9.18. The van der Waals surface area contributed by atoms with E-state index in [9.17, 15) is 22.8 Å². The van der Waals surface area contributed by atoms with Crippen molar-refractivity contribution in [2.75, 3.05) is 19.7 Å². The number of hydrogen-bond acceptors (Lipinski definition) is 7. The van der Waals surface area contributed by atoms with Gasteiger partial charge in [-0.15, -0.1) is 0 Å². The number of aromatic nitrogens is 1. The van der Waals surface area contributed by atoms with Gasteiger partial charge in [0.05, 0.1) is 12.5 Å². The summed E-state index contributed by atoms with van der Waals surface area (Å²) in [4.78, 5) is 46.8. The van der Waals surface area contributed by atoms with Gasteiger partial charge in [0.25, 0.3) is 15.9 Å². The van der Waals surface area contributed by atoms with Gasteiger partial charge in [0, 0.05) is 25.6 Å². The van der Waals surface area contributed by atoms with Gasteiger partial charge in [0.2, 0.25) is 5.91 Å². The summed E-state index contributed by atoms with van der Waals surface area (Å²) in [6.07, 6.45) is 10.5. The van der Waals surface area contributed by atoms with E-state index in [0.29, 0.717) is 38.2 Å². The van der Waals surface area contributed by atoms with Crippen LogP contribution in [0.5, 0.6) is 0 Å². The topological polar surface area (TPSA) is 135 Å². The van der Waals surface area contributed by atoms with E-state index in [1.807, 2.05) is 0 Å². The Hall–Kier alpha value is -2.50. The number of rotatable bonds is 8. The number of nitrogens with zero attached hydrogens (tertiary/aromatic N) is 3. The molecule has 202 valence electrons. The van der Waals surface area contributed by atoms with Gasteiger partial charge >= 0.3 is 0 Å². The average Bonchev–Trinajstić information content (AvgIpc) is 3.38. The van der Waals surface area contributed by atoms with Crippen LogP contribution in [0.4, 0.5) is 0 Å². The Bertz CT molecular complexity index is 1080. The minimum Gasteiger partial charge on any atom is -0.368 e. The Morgan fingerprint density at radius 2 is 1.95 bits per heavy atom. The standard InChI is InChI=1S/C26H36N4O6S/c31-22-18-30(37(34,35)24-12-4-5-13-27-24)14-6-10-20(22)17-28-25(32)21(16-19-8-2-1-3-9-19)29-26(33)23-11-7-15-36-23/h4-5,12-13,17,19-21,23H,1-3,6-11,14-16,18H2,(H,29,33)/t20?,21-,23?/m0/s1. The van der Waals surface area contributed by atoms with Crippen molar-refractivity contribution in [1.82, 2.24) is 14.6 Å². The molecule has 4 rings (SSSR count). The monoisotopic (exact) mass is 532 g/mol. The SMILES string of the molecule is O=C1CN(S(=O)(=O)c2ccccn2)CCCC1C=NC(=O)[C@H](CC1CCCCC1)NC(=O)C1CCCO1. The number of Topliss-reactive ketones (excluding diaryl/α,β-unsaturated/α-hetero) is 1. The zero-order chi connectivity index (χ0) is 26.3. The van der Waals surface area contributed by atoms with Crippen LogP contribution < -0.4 is 5.32 Å². The van der Waals surface area contributed by atoms with Gasteiger partial charge in [-0.3, -0.25) is 14.4 Å². The zero-order valence-corrected chi connectivity index (χ0v) is 21.9. The Morgan fingerprint density at radius 3 is 2.65 bits per heavy atom. The molecular formula is C26H36N4O6S. The van der Waals surface area contributed by atoms with Crippen molar-refractivity contribution in [2.45, 2.75) is 81.4 Å². The first-order valence-corrected chi connectivity index (χ1v) is 14.7. The summed E-state index contributed by atoms with van der Waals surface area (Å²) >= 11 is 0. The highest BCUT2D eigenvalue weighted by Crippen LogP contribution is 2.28. The zero-order valence-electron chi connectivity index (χ0n) is 21.1. The second kappa shape index (κ2) is 12.8. The van der Waals surface area contributed by atoms with Crippen LogP contribution >= 0.6 is 0 Å². The van der Waals surface area contributed by atoms with Crippen LogP contribution in [0.3, 0.4) is 0 Å². The second-order valence-corrected chi connectivity index (χ2v) is 12.0. The molecule has 2 amide bonds. The molecule has 0 spiro atoms. The maximum absolute atomic E-state index is 13.1. The van der Waals surface area contributed by atoms with Gasteiger partial charge in [-0.2, -0.15) is 4.31 Å². The molecule has 1 aromatic heterocycles. The van der Waals surface area contributed by atoms with E-state index >= 15 is 0 Å². The highest BCUT2D eigenvalue weighted by atomic mass is 32.2. The van der Waals surface area contributed by atoms with Crippen molar-refractivity contribution < 1.29 is 27.5 Å². The lowest BCUT2D eigenvalue weighted by Gasteiger charge is -2.26. The molecule has 11 heteroatoms. The van der Waals surface area contributed by atoms with Crippen LogP contribution in [-0.2, 0) is 29.1 Å². The quantitative estimate of drug-likeness (QED) is 0.508. The molecule has 2 aliphatic heterocycles. The van der Waals surface area contributed by atoms with E-state index in [4.69, 9.17) is 4.74 Å². The highest BCUT2D eigenvalue weighted by molar-refractivity contribution is 7.89. The van der Waals surface area contributed by atoms with Crippen LogP contribution in [0, 0.1) is 11.8 Å². The Labute approximate surface area is 218 Å². The van der Waals surface area contributed by atoms with Crippen LogP contribution in [0.15, 0.2) is 34.4 Å². The molecule has 2 saturated heterocycles. The molecule has 1 aliphatic carbocycles. The minimum atomic E-state index is -3.89. The number of ether oxygens (including phenoxy) is 1. The molecule has 1 saturated carbocycles. The number of pyridine rings is 1. The van der Waals surface area contributed by atoms with Gasteiger partial charge in [-0.25, -0.2) is 18.4 Å². The van der Waals surface area contributed by atoms with E-state index in [0.717, 1.165) is 36.4 Å². The summed E-state index contributed by atoms with van der Waals surface area (Å²) < 4.78 is 32.5. The van der Waals surface area contributed by atoms with E-state index in [1.54, 1.807) is 12.1 Å². The summed E-state index contributed by atoms with van der Waals surface area (Å²) in [6.45, 7) is 0.421. The number of carbonyl (C=O) groups excluding carboxylic acids is 3. The summed E-state index contributed by atoms with van der Waals surface area (Å²) in [7, 11) is -3.89. The lowest BCUT2D eigenvalue weighted by Crippen LogP contribution is -2.46. The average molecular weight is 533 g/mol. The van der Waals surface area contributed by atoms with Crippen molar-refractivity contribution in [3.63, 3.8) is 0 Å². The Morgan fingerprint density at radius 1 is 1.14 bits per heavy atom. The number of aliphatic imine (C=N–C) groups is 1. The molecule has 0 radical (unpaired) electrons. The molecule has 3 fully saturated rings. The number of ketones is 1. The fourth-order valence-corrected chi connectivity index (χ4v) is 6.67. The smallest absolute Gasteiger partial charge is 0.267 e. The summed E-state index contributed by atoms with van der Waals surface area (Å²) in [5.41, 5.74) is 0. The minimum absolute atomic E-state index is 0.0994. The molecule has 1 aromatic rings. The van der Waals surface area contributed by atoms with Gasteiger partial charge in [-0.1, -0.05) is 38.2 Å². The fraction of sp³-hybridized carbons (Fsp3) is 0.654. The molecule has 1 N–H and O–H groups in total. The normalized spacial score (nSPS) is 25.1. The first-order valence-electron chi connectivity index (χ1n) is 13.3. The van der Waals surface area contributed by atoms with E-state index in [2.05, 4.69) is 15.3 Å². The molecule has 0 aromatic carbocycles. The predicted octanol–water partition coefficient (Wildman–Crippen LogP) is 2.28. The molecule has 10 nitrogen and oxygen atoms in total. The van der Waals surface area contributed by atoms with Crippen molar-refractivity contribution in [3.8, 4) is 0 Å². The molecule has 0 bridgehead atoms. The lowest BCUT2D eigenvalue weighted by molar-refractivity contribution is -0.134. The maximum atomic E-state index is 13.1. The van der Waals surface area contributed by atoms with Crippen LogP contribution in [0.1, 0.15) is 64.2 Å². The number of nitrogens with one attached hydrogen (secondary N) is 1. The van der Waals surface area contributed by atoms with Crippen LogP contribution in [0.25, 0.3) is 0 Å². The molecule has 2 unspecified atom stereocenters. The van der Waals surface area contributed by atoms with Gasteiger partial charge < -0.3 is 10.1 Å². The van der Waals surface area contributed by atoms with E-state index in [-0.39, 0.29) is 29.8 Å². The summed E-state index contributed by atoms with van der Waals surface area (Å²) in [5, 5.41) is 2.76. The fourth-order valence-electron chi connectivity index (χ4n) is 5.29. The number of carbonyl (C=O) groups is 3. The van der Waals surface area contributed by atoms with Crippen LogP contribution in [-0.4, -0.2) is 73.4 Å². The maximum Gasteiger partial charge on any atom is 0.267 e. The Kier molecular flexibility index (Phi) is 9.55. The third-order valence-electron chi connectivity index (χ3n) is 7.42. The van der Waals surface area contributed by atoms with Gasteiger partial charge in [-0.05, 0) is 50.2 Å². The highest BCUT2D eigenvalue weighted by Gasteiger charge is 2.33. The van der Waals surface area contributed by atoms with Crippen molar-refractivity contribution in [1.29, 1.82) is 0 Å². The van der Waals surface area contributed by atoms with Crippen molar-refractivity contribution >= 4 is 33.8 Å². The summed E-state index contributed by atoms with van der Waals surface area (Å²) in [6, 6.07) is 3.85. The number of hydrogen-bond donors (Lipinski definition) is 1. The molecule has 3 aliphatic rings. The van der Waals surface area contributed by atoms with E-state index in [1.165, 1.54) is 24.9 Å². The first kappa shape index (κ1) is 27.5. The lowest BCUT2D eigenvalue weighted by atomic mass is 9.84.